The van der Waals surface area contributed by atoms with Gasteiger partial charge in [-0.15, -0.1) is 0 Å². The van der Waals surface area contributed by atoms with E-state index in [1.807, 2.05) is 6.07 Å². The fourth-order valence-corrected chi connectivity index (χ4v) is 3.88. The SMILES string of the molecule is CCOCn1c(-c2ccc(Cl)cc2)c(C#N)c(Br)c1C(F)(F)F.O=[N+]([O-])c1cccc(O)c1[N+](=O)[O-]. The van der Waals surface area contributed by atoms with Gasteiger partial charge in [0.05, 0.1) is 25.6 Å². The number of halogens is 5. The molecule has 1 N–H and O–H groups in total. The molecular weight excluding hydrogens is 577 g/mol. The van der Waals surface area contributed by atoms with Crippen LogP contribution < -0.4 is 0 Å². The normalized spacial score (nSPS) is 10.8. The van der Waals surface area contributed by atoms with Crippen molar-refractivity contribution in [3.05, 3.63) is 83.4 Å². The third-order valence-corrected chi connectivity index (χ3v) is 5.52. The van der Waals surface area contributed by atoms with E-state index in [-0.39, 0.29) is 29.1 Å². The average molecular weight is 592 g/mol. The lowest BCUT2D eigenvalue weighted by molar-refractivity contribution is -0.423. The zero-order valence-electron chi connectivity index (χ0n) is 18.1. The molecule has 3 rings (SSSR count). The summed E-state index contributed by atoms with van der Waals surface area (Å²) in [5.41, 5.74) is -2.07. The molecule has 10 nitrogen and oxygen atoms in total. The average Bonchev–Trinajstić information content (AvgIpc) is 3.09. The number of phenols is 1. The highest BCUT2D eigenvalue weighted by Crippen LogP contribution is 2.43. The predicted octanol–water partition coefficient (Wildman–Crippen LogP) is 6.66. The van der Waals surface area contributed by atoms with Crippen LogP contribution in [0.25, 0.3) is 11.3 Å². The Labute approximate surface area is 214 Å². The van der Waals surface area contributed by atoms with E-state index in [4.69, 9.17) is 21.4 Å². The summed E-state index contributed by atoms with van der Waals surface area (Å²) in [6, 6.07) is 11.2. The summed E-state index contributed by atoms with van der Waals surface area (Å²) in [5, 5.41) is 39.3. The summed E-state index contributed by atoms with van der Waals surface area (Å²) < 4.78 is 46.0. The molecule has 0 aliphatic rings. The van der Waals surface area contributed by atoms with Crippen molar-refractivity contribution in [2.45, 2.75) is 19.8 Å². The maximum atomic E-state index is 13.4. The van der Waals surface area contributed by atoms with Gasteiger partial charge in [-0.1, -0.05) is 29.8 Å². The number of nitriles is 1. The molecule has 0 saturated carbocycles. The molecule has 36 heavy (non-hydrogen) atoms. The van der Waals surface area contributed by atoms with Crippen LogP contribution >= 0.6 is 27.5 Å². The van der Waals surface area contributed by atoms with Crippen molar-refractivity contribution in [2.24, 2.45) is 0 Å². The first-order valence-corrected chi connectivity index (χ1v) is 10.9. The molecule has 0 fully saturated rings. The van der Waals surface area contributed by atoms with Gasteiger partial charge in [-0.2, -0.15) is 18.4 Å². The van der Waals surface area contributed by atoms with Gasteiger partial charge in [0.2, 0.25) is 5.75 Å². The Bertz CT molecular complexity index is 1320. The second kappa shape index (κ2) is 11.8. The Balaban J connectivity index is 0.000000297. The highest BCUT2D eigenvalue weighted by molar-refractivity contribution is 9.10. The van der Waals surface area contributed by atoms with E-state index < -0.39 is 38.8 Å². The van der Waals surface area contributed by atoms with Crippen LogP contribution in [0.1, 0.15) is 18.2 Å². The lowest BCUT2D eigenvalue weighted by atomic mass is 10.1. The molecule has 0 aliphatic carbocycles. The quantitative estimate of drug-likeness (QED) is 0.249. The summed E-state index contributed by atoms with van der Waals surface area (Å²) >= 11 is 8.73. The lowest BCUT2D eigenvalue weighted by Crippen LogP contribution is -2.16. The summed E-state index contributed by atoms with van der Waals surface area (Å²) in [6.07, 6.45) is -4.63. The number of hydrogen-bond donors (Lipinski definition) is 1. The molecule has 1 heterocycles. The van der Waals surface area contributed by atoms with Crippen molar-refractivity contribution >= 4 is 38.9 Å². The molecule has 0 bridgehead atoms. The number of aromatic nitrogens is 1. The molecule has 3 aromatic rings. The van der Waals surface area contributed by atoms with Gasteiger partial charge in [0.25, 0.3) is 0 Å². The highest BCUT2D eigenvalue weighted by atomic mass is 79.9. The van der Waals surface area contributed by atoms with Crippen LogP contribution in [-0.4, -0.2) is 26.1 Å². The maximum absolute atomic E-state index is 13.4. The number of nitro benzene ring substituents is 2. The van der Waals surface area contributed by atoms with Gasteiger partial charge in [0.15, 0.2) is 0 Å². The molecule has 0 unspecified atom stereocenters. The van der Waals surface area contributed by atoms with Gasteiger partial charge < -0.3 is 14.4 Å². The second-order valence-electron chi connectivity index (χ2n) is 6.71. The van der Waals surface area contributed by atoms with Crippen molar-refractivity contribution in [1.82, 2.24) is 4.57 Å². The molecule has 0 atom stereocenters. The summed E-state index contributed by atoms with van der Waals surface area (Å²) in [5.74, 6) is -0.709. The Hall–Kier alpha value is -3.67. The molecule has 190 valence electrons. The first-order valence-electron chi connectivity index (χ1n) is 9.68. The molecule has 1 aromatic heterocycles. The molecule has 0 saturated heterocycles. The summed E-state index contributed by atoms with van der Waals surface area (Å²) in [6.45, 7) is 1.61. The number of phenolic OH excluding ortho intramolecular Hbond substituents is 1. The van der Waals surface area contributed by atoms with Crippen LogP contribution in [0.2, 0.25) is 5.02 Å². The first-order chi connectivity index (χ1) is 16.8. The third-order valence-electron chi connectivity index (χ3n) is 4.50. The first kappa shape index (κ1) is 28.6. The predicted molar refractivity (Wildman–Crippen MR) is 125 cm³/mol. The van der Waals surface area contributed by atoms with Crippen LogP contribution in [0.15, 0.2) is 46.9 Å². The van der Waals surface area contributed by atoms with Gasteiger partial charge in [0, 0.05) is 17.7 Å². The van der Waals surface area contributed by atoms with Crippen molar-refractivity contribution in [3.8, 4) is 23.1 Å². The standard InChI is InChI=1S/C15H11BrClF3N2O.C6H4N2O5/c1-2-23-8-22-13(9-3-5-10(17)6-4-9)11(7-21)12(16)14(22)15(18,19)20;9-5-3-1-2-4(7(10)11)6(5)8(12)13/h3-6H,2,8H2,1H3;1-3,9H. The monoisotopic (exact) mass is 590 g/mol. The smallest absolute Gasteiger partial charge is 0.432 e. The summed E-state index contributed by atoms with van der Waals surface area (Å²) in [7, 11) is 0. The lowest BCUT2D eigenvalue weighted by Gasteiger charge is -2.15. The second-order valence-corrected chi connectivity index (χ2v) is 7.94. The van der Waals surface area contributed by atoms with E-state index in [0.29, 0.717) is 10.6 Å². The number of nitro groups is 2. The van der Waals surface area contributed by atoms with Gasteiger partial charge in [-0.05, 0) is 46.6 Å². The Morgan fingerprint density at radius 1 is 1.17 bits per heavy atom. The fraction of sp³-hybridized carbons (Fsp3) is 0.190. The zero-order valence-corrected chi connectivity index (χ0v) is 20.5. The summed E-state index contributed by atoms with van der Waals surface area (Å²) in [4.78, 5) is 18.6. The number of nitrogens with zero attached hydrogens (tertiary/aromatic N) is 4. The maximum Gasteiger partial charge on any atom is 0.432 e. The number of benzene rings is 2. The Morgan fingerprint density at radius 2 is 1.78 bits per heavy atom. The van der Waals surface area contributed by atoms with Gasteiger partial charge in [-0.3, -0.25) is 20.2 Å². The molecular formula is C21H15BrClF3N4O6. The highest BCUT2D eigenvalue weighted by Gasteiger charge is 2.40. The Kier molecular flexibility index (Phi) is 9.40. The number of rotatable bonds is 6. The molecule has 0 spiro atoms. The third kappa shape index (κ3) is 6.30. The van der Waals surface area contributed by atoms with E-state index >= 15 is 0 Å². The number of alkyl halides is 3. The molecule has 0 amide bonds. The molecule has 0 aliphatic heterocycles. The van der Waals surface area contributed by atoms with E-state index in [2.05, 4.69) is 15.9 Å². The van der Waals surface area contributed by atoms with Crippen molar-refractivity contribution in [1.29, 1.82) is 5.26 Å². The van der Waals surface area contributed by atoms with E-state index in [0.717, 1.165) is 16.7 Å². The van der Waals surface area contributed by atoms with E-state index in [1.54, 1.807) is 31.2 Å². The number of aromatic hydroxyl groups is 1. The minimum absolute atomic E-state index is 0.0978. The van der Waals surface area contributed by atoms with Crippen LogP contribution in [-0.2, 0) is 17.6 Å². The molecule has 2 aromatic carbocycles. The minimum atomic E-state index is -4.63. The number of para-hydroxylation sites is 1. The van der Waals surface area contributed by atoms with Crippen molar-refractivity contribution in [3.63, 3.8) is 0 Å². The van der Waals surface area contributed by atoms with E-state index in [1.165, 1.54) is 6.07 Å². The minimum Gasteiger partial charge on any atom is -0.502 e. The molecule has 15 heteroatoms. The van der Waals surface area contributed by atoms with Crippen LogP contribution in [0.4, 0.5) is 24.5 Å². The van der Waals surface area contributed by atoms with Crippen molar-refractivity contribution in [2.75, 3.05) is 6.61 Å². The van der Waals surface area contributed by atoms with Gasteiger partial charge >= 0.3 is 17.6 Å². The fourth-order valence-electron chi connectivity index (χ4n) is 3.04. The molecule has 0 radical (unpaired) electrons. The van der Waals surface area contributed by atoms with Crippen molar-refractivity contribution < 1.29 is 32.9 Å². The van der Waals surface area contributed by atoms with Crippen LogP contribution in [0, 0.1) is 31.6 Å². The Morgan fingerprint density at radius 3 is 2.22 bits per heavy atom. The van der Waals surface area contributed by atoms with Gasteiger partial charge in [-0.25, -0.2) is 0 Å². The van der Waals surface area contributed by atoms with Gasteiger partial charge in [0.1, 0.15) is 18.5 Å². The zero-order chi connectivity index (χ0) is 27.2. The van der Waals surface area contributed by atoms with Crippen LogP contribution in [0.3, 0.4) is 0 Å². The van der Waals surface area contributed by atoms with E-state index in [9.17, 15) is 38.7 Å². The van der Waals surface area contributed by atoms with Crippen LogP contribution in [0.5, 0.6) is 5.75 Å². The topological polar surface area (TPSA) is 144 Å². The largest absolute Gasteiger partial charge is 0.502 e. The number of ether oxygens (including phenoxy) is 1. The number of hydrogen-bond acceptors (Lipinski definition) is 7.